The fraction of sp³-hybridized carbons (Fsp3) is 0.750. The van der Waals surface area contributed by atoms with Crippen LogP contribution in [0.25, 0.3) is 0 Å². The molecule has 3 N–H and O–H groups in total. The summed E-state index contributed by atoms with van der Waals surface area (Å²) >= 11 is 0. The molecule has 0 aromatic carbocycles. The van der Waals surface area contributed by atoms with Gasteiger partial charge in [0.05, 0.1) is 6.20 Å². The van der Waals surface area contributed by atoms with E-state index in [4.69, 9.17) is 5.73 Å². The van der Waals surface area contributed by atoms with Gasteiger partial charge in [-0.05, 0) is 31.7 Å². The Morgan fingerprint density at radius 2 is 2.16 bits per heavy atom. The molecule has 1 aliphatic rings. The molecule has 0 spiro atoms. The third-order valence-corrected chi connectivity index (χ3v) is 5.51. The molecule has 19 heavy (non-hydrogen) atoms. The first-order chi connectivity index (χ1) is 9.07. The highest BCUT2D eigenvalue weighted by Gasteiger charge is 2.30. The third kappa shape index (κ3) is 3.16. The SMILES string of the molecule is CCc1ncc(S(=O)(=O)N2CCC(CCN)CC2)[nH]1. The highest BCUT2D eigenvalue weighted by molar-refractivity contribution is 7.89. The number of aromatic amines is 1. The Balaban J connectivity index is 2.05. The normalized spacial score (nSPS) is 18.8. The van der Waals surface area contributed by atoms with Crippen molar-refractivity contribution in [3.05, 3.63) is 12.0 Å². The summed E-state index contributed by atoms with van der Waals surface area (Å²) in [5.74, 6) is 1.26. The van der Waals surface area contributed by atoms with Crippen LogP contribution in [0.4, 0.5) is 0 Å². The van der Waals surface area contributed by atoms with E-state index in [0.717, 1.165) is 19.3 Å². The Hall–Kier alpha value is -0.920. The van der Waals surface area contributed by atoms with Crippen LogP contribution in [0.2, 0.25) is 0 Å². The molecule has 7 heteroatoms. The van der Waals surface area contributed by atoms with Crippen LogP contribution in [-0.2, 0) is 16.4 Å². The lowest BCUT2D eigenvalue weighted by Crippen LogP contribution is -2.39. The molecule has 0 saturated carbocycles. The number of H-pyrrole nitrogens is 1. The van der Waals surface area contributed by atoms with Crippen molar-refractivity contribution in [1.29, 1.82) is 0 Å². The summed E-state index contributed by atoms with van der Waals surface area (Å²) in [6.45, 7) is 3.77. The Bertz CT molecular complexity index is 504. The molecule has 108 valence electrons. The van der Waals surface area contributed by atoms with Gasteiger partial charge in [-0.3, -0.25) is 0 Å². The Kier molecular flexibility index (Phi) is 4.59. The number of nitrogens with two attached hydrogens (primary N) is 1. The number of nitrogens with one attached hydrogen (secondary N) is 1. The first-order valence-corrected chi connectivity index (χ1v) is 8.26. The molecule has 0 amide bonds. The van der Waals surface area contributed by atoms with Gasteiger partial charge in [0.25, 0.3) is 10.0 Å². The van der Waals surface area contributed by atoms with E-state index in [1.165, 1.54) is 6.20 Å². The maximum Gasteiger partial charge on any atom is 0.260 e. The van der Waals surface area contributed by atoms with Gasteiger partial charge in [-0.15, -0.1) is 0 Å². The van der Waals surface area contributed by atoms with Crippen LogP contribution in [0, 0.1) is 5.92 Å². The summed E-state index contributed by atoms with van der Waals surface area (Å²) < 4.78 is 26.4. The average molecular weight is 286 g/mol. The number of aryl methyl sites for hydroxylation is 1. The average Bonchev–Trinajstić information content (AvgIpc) is 2.89. The molecule has 2 rings (SSSR count). The quantitative estimate of drug-likeness (QED) is 0.834. The lowest BCUT2D eigenvalue weighted by atomic mass is 9.95. The maximum atomic E-state index is 12.4. The molecule has 0 bridgehead atoms. The summed E-state index contributed by atoms with van der Waals surface area (Å²) in [7, 11) is -3.41. The lowest BCUT2D eigenvalue weighted by molar-refractivity contribution is 0.265. The number of hydrogen-bond donors (Lipinski definition) is 2. The van der Waals surface area contributed by atoms with Gasteiger partial charge >= 0.3 is 0 Å². The first-order valence-electron chi connectivity index (χ1n) is 6.82. The van der Waals surface area contributed by atoms with Crippen molar-refractivity contribution in [3.63, 3.8) is 0 Å². The highest BCUT2D eigenvalue weighted by atomic mass is 32.2. The molecule has 1 aliphatic heterocycles. The predicted octanol–water partition coefficient (Wildman–Crippen LogP) is 0.722. The zero-order valence-corrected chi connectivity index (χ0v) is 12.1. The van der Waals surface area contributed by atoms with E-state index in [2.05, 4.69) is 9.97 Å². The van der Waals surface area contributed by atoms with Crippen molar-refractivity contribution in [2.24, 2.45) is 11.7 Å². The molecule has 2 heterocycles. The van der Waals surface area contributed by atoms with Crippen molar-refractivity contribution in [2.45, 2.75) is 37.6 Å². The molecule has 1 aromatic heterocycles. The van der Waals surface area contributed by atoms with Crippen LogP contribution < -0.4 is 5.73 Å². The second-order valence-corrected chi connectivity index (χ2v) is 6.88. The summed E-state index contributed by atoms with van der Waals surface area (Å²) in [6, 6.07) is 0. The van der Waals surface area contributed by atoms with Gasteiger partial charge in [-0.2, -0.15) is 4.31 Å². The number of piperidine rings is 1. The number of rotatable bonds is 5. The number of hydrogen-bond acceptors (Lipinski definition) is 4. The molecule has 1 saturated heterocycles. The van der Waals surface area contributed by atoms with E-state index in [0.29, 0.717) is 37.8 Å². The summed E-state index contributed by atoms with van der Waals surface area (Å²) in [6.07, 6.45) is 4.89. The smallest absolute Gasteiger partial charge is 0.260 e. The topological polar surface area (TPSA) is 92.1 Å². The van der Waals surface area contributed by atoms with Crippen LogP contribution >= 0.6 is 0 Å². The molecule has 0 aliphatic carbocycles. The van der Waals surface area contributed by atoms with E-state index < -0.39 is 10.0 Å². The Labute approximate surface area is 114 Å². The summed E-state index contributed by atoms with van der Waals surface area (Å²) in [5, 5.41) is 0.210. The van der Waals surface area contributed by atoms with Gasteiger partial charge in [0, 0.05) is 19.5 Å². The van der Waals surface area contributed by atoms with E-state index in [9.17, 15) is 8.42 Å². The molecule has 1 fully saturated rings. The van der Waals surface area contributed by atoms with Crippen molar-refractivity contribution >= 4 is 10.0 Å². The molecule has 6 nitrogen and oxygen atoms in total. The second kappa shape index (κ2) is 6.02. The Morgan fingerprint density at radius 1 is 1.47 bits per heavy atom. The van der Waals surface area contributed by atoms with Crippen molar-refractivity contribution in [1.82, 2.24) is 14.3 Å². The van der Waals surface area contributed by atoms with E-state index in [1.807, 2.05) is 6.92 Å². The molecular weight excluding hydrogens is 264 g/mol. The highest BCUT2D eigenvalue weighted by Crippen LogP contribution is 2.24. The minimum absolute atomic E-state index is 0.210. The standard InChI is InChI=1S/C12H22N4O2S/c1-2-11-14-9-12(15-11)19(17,18)16-7-4-10(3-6-13)5-8-16/h9-10H,2-8,13H2,1H3,(H,14,15). The number of imidazole rings is 1. The van der Waals surface area contributed by atoms with Crippen molar-refractivity contribution < 1.29 is 8.42 Å². The summed E-state index contributed by atoms with van der Waals surface area (Å²) in [4.78, 5) is 6.94. The van der Waals surface area contributed by atoms with Gasteiger partial charge < -0.3 is 10.7 Å². The zero-order chi connectivity index (χ0) is 13.9. The van der Waals surface area contributed by atoms with E-state index >= 15 is 0 Å². The van der Waals surface area contributed by atoms with Gasteiger partial charge in [-0.1, -0.05) is 6.92 Å². The largest absolute Gasteiger partial charge is 0.332 e. The molecule has 0 radical (unpaired) electrons. The van der Waals surface area contributed by atoms with Gasteiger partial charge in [0.1, 0.15) is 5.82 Å². The van der Waals surface area contributed by atoms with Crippen LogP contribution in [-0.4, -0.2) is 42.3 Å². The minimum atomic E-state index is -3.41. The van der Waals surface area contributed by atoms with Crippen molar-refractivity contribution in [3.8, 4) is 0 Å². The minimum Gasteiger partial charge on any atom is -0.332 e. The van der Waals surface area contributed by atoms with Crippen LogP contribution in [0.5, 0.6) is 0 Å². The van der Waals surface area contributed by atoms with Crippen molar-refractivity contribution in [2.75, 3.05) is 19.6 Å². The Morgan fingerprint density at radius 3 is 2.68 bits per heavy atom. The molecule has 0 atom stereocenters. The molecule has 1 aromatic rings. The van der Waals surface area contributed by atoms with Gasteiger partial charge in [0.15, 0.2) is 5.03 Å². The molecular formula is C12H22N4O2S. The predicted molar refractivity (Wildman–Crippen MR) is 73.1 cm³/mol. The fourth-order valence-electron chi connectivity index (χ4n) is 2.47. The summed E-state index contributed by atoms with van der Waals surface area (Å²) in [5.41, 5.74) is 5.54. The monoisotopic (exact) mass is 286 g/mol. The molecule has 0 unspecified atom stereocenters. The first kappa shape index (κ1) is 14.5. The lowest BCUT2D eigenvalue weighted by Gasteiger charge is -2.30. The van der Waals surface area contributed by atoms with E-state index in [-0.39, 0.29) is 5.03 Å². The second-order valence-electron chi connectivity index (χ2n) is 4.97. The van der Waals surface area contributed by atoms with Gasteiger partial charge in [0.2, 0.25) is 0 Å². The zero-order valence-electron chi connectivity index (χ0n) is 11.3. The van der Waals surface area contributed by atoms with Crippen LogP contribution in [0.1, 0.15) is 32.0 Å². The van der Waals surface area contributed by atoms with E-state index in [1.54, 1.807) is 4.31 Å². The number of sulfonamides is 1. The van der Waals surface area contributed by atoms with Crippen LogP contribution in [0.3, 0.4) is 0 Å². The number of aromatic nitrogens is 2. The maximum absolute atomic E-state index is 12.4. The third-order valence-electron chi connectivity index (χ3n) is 3.71. The van der Waals surface area contributed by atoms with Gasteiger partial charge in [-0.25, -0.2) is 13.4 Å². The fourth-order valence-corrected chi connectivity index (χ4v) is 3.87. The van der Waals surface area contributed by atoms with Crippen LogP contribution in [0.15, 0.2) is 11.2 Å². The number of nitrogens with zero attached hydrogens (tertiary/aromatic N) is 2.